The van der Waals surface area contributed by atoms with E-state index in [1.165, 1.54) is 0 Å². The van der Waals surface area contributed by atoms with Crippen LogP contribution in [0.2, 0.25) is 0 Å². The van der Waals surface area contributed by atoms with Gasteiger partial charge in [-0.2, -0.15) is 5.10 Å². The summed E-state index contributed by atoms with van der Waals surface area (Å²) in [7, 11) is 0. The third kappa shape index (κ3) is 3.29. The maximum absolute atomic E-state index is 12.5. The van der Waals surface area contributed by atoms with Crippen LogP contribution in [0, 0.1) is 6.92 Å². The van der Waals surface area contributed by atoms with Crippen molar-refractivity contribution in [1.82, 2.24) is 9.78 Å². The summed E-state index contributed by atoms with van der Waals surface area (Å²) in [6.07, 6.45) is 3.62. The summed E-state index contributed by atoms with van der Waals surface area (Å²) >= 11 is 1.64. The fourth-order valence-electron chi connectivity index (χ4n) is 2.36. The molecule has 1 N–H and O–H groups in total. The maximum atomic E-state index is 12.5. The van der Waals surface area contributed by atoms with Crippen LogP contribution >= 0.6 is 11.8 Å². The predicted octanol–water partition coefficient (Wildman–Crippen LogP) is 4.15. The number of nitrogens with one attached hydrogen (secondary N) is 1. The lowest BCUT2D eigenvalue weighted by Gasteiger charge is -2.07. The zero-order chi connectivity index (χ0) is 16.2. The molecule has 23 heavy (non-hydrogen) atoms. The van der Waals surface area contributed by atoms with Gasteiger partial charge < -0.3 is 5.32 Å². The van der Waals surface area contributed by atoms with Crippen LogP contribution in [0.15, 0.2) is 65.7 Å². The number of nitrogens with zero attached hydrogens (tertiary/aromatic N) is 2. The molecule has 0 radical (unpaired) electrons. The van der Waals surface area contributed by atoms with Crippen molar-refractivity contribution in [3.63, 3.8) is 0 Å². The number of hydrogen-bond donors (Lipinski definition) is 1. The standard InChI is InChI=1S/C18H17N3OS/c1-13-17(12-19-21(13)15-8-4-3-5-9-15)18(22)20-14-7-6-10-16(11-14)23-2/h3-12H,1-2H3,(H,20,22). The SMILES string of the molecule is CSc1cccc(NC(=O)c2cnn(-c3ccccc3)c2C)c1. The molecule has 0 atom stereocenters. The Labute approximate surface area is 139 Å². The number of anilines is 1. The number of aromatic nitrogens is 2. The summed E-state index contributed by atoms with van der Waals surface area (Å²) in [5.74, 6) is -0.150. The van der Waals surface area contributed by atoms with E-state index in [-0.39, 0.29) is 5.91 Å². The van der Waals surface area contributed by atoms with Gasteiger partial charge in [-0.1, -0.05) is 24.3 Å². The molecule has 0 bridgehead atoms. The topological polar surface area (TPSA) is 46.9 Å². The van der Waals surface area contributed by atoms with Crippen LogP contribution in [-0.4, -0.2) is 21.9 Å². The number of amides is 1. The van der Waals surface area contributed by atoms with Gasteiger partial charge in [-0.05, 0) is 43.5 Å². The second-order valence-corrected chi connectivity index (χ2v) is 5.96. The number of hydrogen-bond acceptors (Lipinski definition) is 3. The lowest BCUT2D eigenvalue weighted by molar-refractivity contribution is 0.102. The molecule has 1 aromatic heterocycles. The van der Waals surface area contributed by atoms with Gasteiger partial charge in [0.15, 0.2) is 0 Å². The minimum atomic E-state index is -0.150. The number of rotatable bonds is 4. The molecule has 0 saturated carbocycles. The third-order valence-corrected chi connectivity index (χ3v) is 4.31. The summed E-state index contributed by atoms with van der Waals surface area (Å²) in [6, 6.07) is 17.6. The highest BCUT2D eigenvalue weighted by Crippen LogP contribution is 2.20. The Bertz CT molecular complexity index is 827. The van der Waals surface area contributed by atoms with Gasteiger partial charge >= 0.3 is 0 Å². The first-order valence-electron chi connectivity index (χ1n) is 7.24. The van der Waals surface area contributed by atoms with E-state index >= 15 is 0 Å². The van der Waals surface area contributed by atoms with Gasteiger partial charge in [-0.25, -0.2) is 4.68 Å². The van der Waals surface area contributed by atoms with Gasteiger partial charge in [0, 0.05) is 10.6 Å². The molecule has 4 nitrogen and oxygen atoms in total. The highest BCUT2D eigenvalue weighted by molar-refractivity contribution is 7.98. The molecule has 0 unspecified atom stereocenters. The van der Waals surface area contributed by atoms with Crippen molar-refractivity contribution in [3.05, 3.63) is 72.1 Å². The fourth-order valence-corrected chi connectivity index (χ4v) is 2.82. The summed E-state index contributed by atoms with van der Waals surface area (Å²) in [5, 5.41) is 7.27. The van der Waals surface area contributed by atoms with Crippen molar-refractivity contribution < 1.29 is 4.79 Å². The third-order valence-electron chi connectivity index (χ3n) is 3.58. The van der Waals surface area contributed by atoms with Crippen LogP contribution in [0.5, 0.6) is 0 Å². The molecule has 3 aromatic rings. The summed E-state index contributed by atoms with van der Waals surface area (Å²) < 4.78 is 1.77. The first-order valence-corrected chi connectivity index (χ1v) is 8.47. The van der Waals surface area contributed by atoms with Gasteiger partial charge in [0.1, 0.15) is 0 Å². The van der Waals surface area contributed by atoms with Crippen LogP contribution in [0.3, 0.4) is 0 Å². The highest BCUT2D eigenvalue weighted by Gasteiger charge is 2.15. The molecule has 2 aromatic carbocycles. The molecule has 5 heteroatoms. The molecular weight excluding hydrogens is 306 g/mol. The molecule has 3 rings (SSSR count). The van der Waals surface area contributed by atoms with Crippen LogP contribution in [-0.2, 0) is 0 Å². The first kappa shape index (κ1) is 15.4. The Morgan fingerprint density at radius 1 is 1.13 bits per heavy atom. The monoisotopic (exact) mass is 323 g/mol. The van der Waals surface area contributed by atoms with E-state index in [0.29, 0.717) is 5.56 Å². The summed E-state index contributed by atoms with van der Waals surface area (Å²) in [5.41, 5.74) is 3.11. The molecule has 0 spiro atoms. The second-order valence-electron chi connectivity index (χ2n) is 5.08. The van der Waals surface area contributed by atoms with Gasteiger partial charge in [0.25, 0.3) is 5.91 Å². The van der Waals surface area contributed by atoms with E-state index in [9.17, 15) is 4.79 Å². The number of carbonyl (C=O) groups is 1. The average molecular weight is 323 g/mol. The Morgan fingerprint density at radius 3 is 2.65 bits per heavy atom. The van der Waals surface area contributed by atoms with Crippen LogP contribution in [0.1, 0.15) is 16.1 Å². The molecule has 1 heterocycles. The van der Waals surface area contributed by atoms with E-state index in [2.05, 4.69) is 10.4 Å². The van der Waals surface area contributed by atoms with Crippen molar-refractivity contribution in [2.24, 2.45) is 0 Å². The van der Waals surface area contributed by atoms with E-state index in [1.807, 2.05) is 67.8 Å². The second kappa shape index (κ2) is 6.71. The molecule has 0 fully saturated rings. The van der Waals surface area contributed by atoms with E-state index in [1.54, 1.807) is 22.6 Å². The van der Waals surface area contributed by atoms with Gasteiger partial charge in [-0.3, -0.25) is 4.79 Å². The molecule has 0 aliphatic rings. The molecule has 1 amide bonds. The average Bonchev–Trinajstić information content (AvgIpc) is 2.97. The number of thioether (sulfide) groups is 1. The van der Waals surface area contributed by atoms with Crippen molar-refractivity contribution in [2.75, 3.05) is 11.6 Å². The largest absolute Gasteiger partial charge is 0.322 e. The zero-order valence-electron chi connectivity index (χ0n) is 13.0. The smallest absolute Gasteiger partial charge is 0.259 e. The number of benzene rings is 2. The Balaban J connectivity index is 1.84. The van der Waals surface area contributed by atoms with Gasteiger partial charge in [0.2, 0.25) is 0 Å². The minimum absolute atomic E-state index is 0.150. The minimum Gasteiger partial charge on any atom is -0.322 e. The van der Waals surface area contributed by atoms with E-state index in [0.717, 1.165) is 22.0 Å². The van der Waals surface area contributed by atoms with E-state index in [4.69, 9.17) is 0 Å². The lowest BCUT2D eigenvalue weighted by Crippen LogP contribution is -2.13. The Morgan fingerprint density at radius 2 is 1.91 bits per heavy atom. The van der Waals surface area contributed by atoms with Crippen molar-refractivity contribution in [1.29, 1.82) is 0 Å². The first-order chi connectivity index (χ1) is 11.2. The quantitative estimate of drug-likeness (QED) is 0.734. The molecular formula is C18H17N3OS. The Kier molecular flexibility index (Phi) is 4.48. The van der Waals surface area contributed by atoms with E-state index < -0.39 is 0 Å². The van der Waals surface area contributed by atoms with Crippen molar-refractivity contribution in [2.45, 2.75) is 11.8 Å². The van der Waals surface area contributed by atoms with Crippen molar-refractivity contribution in [3.8, 4) is 5.69 Å². The van der Waals surface area contributed by atoms with Gasteiger partial charge in [-0.15, -0.1) is 11.8 Å². The van der Waals surface area contributed by atoms with Crippen LogP contribution in [0.4, 0.5) is 5.69 Å². The zero-order valence-corrected chi connectivity index (χ0v) is 13.8. The fraction of sp³-hybridized carbons (Fsp3) is 0.111. The van der Waals surface area contributed by atoms with Crippen molar-refractivity contribution >= 4 is 23.4 Å². The number of carbonyl (C=O) groups excluding carboxylic acids is 1. The normalized spacial score (nSPS) is 10.5. The summed E-state index contributed by atoms with van der Waals surface area (Å²) in [4.78, 5) is 13.6. The molecule has 116 valence electrons. The summed E-state index contributed by atoms with van der Waals surface area (Å²) in [6.45, 7) is 1.90. The highest BCUT2D eigenvalue weighted by atomic mass is 32.2. The van der Waals surface area contributed by atoms with Gasteiger partial charge in [0.05, 0.1) is 23.1 Å². The molecule has 0 aliphatic carbocycles. The van der Waals surface area contributed by atoms with Crippen LogP contribution < -0.4 is 5.32 Å². The Hall–Kier alpha value is -2.53. The van der Waals surface area contributed by atoms with Crippen LogP contribution in [0.25, 0.3) is 5.69 Å². The lowest BCUT2D eigenvalue weighted by atomic mass is 10.2. The molecule has 0 aliphatic heterocycles. The number of para-hydroxylation sites is 1. The predicted molar refractivity (Wildman–Crippen MR) is 94.5 cm³/mol. The maximum Gasteiger partial charge on any atom is 0.259 e. The molecule has 0 saturated heterocycles.